The molecule has 0 unspecified atom stereocenters. The zero-order chi connectivity index (χ0) is 26.5. The molecule has 2 aromatic heterocycles. The molecule has 0 aliphatic carbocycles. The number of nitrogens with zero attached hydrogens (tertiary/aromatic N) is 1. The minimum atomic E-state index is -0.450. The number of carbonyl (C=O) groups excluding carboxylic acids is 2. The molecule has 0 atom stereocenters. The average Bonchev–Trinajstić information content (AvgIpc) is 3.37. The van der Waals surface area contributed by atoms with Gasteiger partial charge >= 0.3 is 5.97 Å². The number of hydrogen-bond donors (Lipinski definition) is 1. The van der Waals surface area contributed by atoms with Gasteiger partial charge in [-0.1, -0.05) is 43.7 Å². The number of hydrogen-bond acceptors (Lipinski definition) is 5. The van der Waals surface area contributed by atoms with Crippen molar-refractivity contribution < 1.29 is 19.1 Å². The Morgan fingerprint density at radius 2 is 1.70 bits per heavy atom. The summed E-state index contributed by atoms with van der Waals surface area (Å²) in [5.74, 6) is 0.0878. The highest BCUT2D eigenvalue weighted by molar-refractivity contribution is 7.17. The molecule has 194 valence electrons. The Morgan fingerprint density at radius 1 is 0.973 bits per heavy atom. The number of unbranched alkanes of at least 4 members (excludes halogenated alkanes) is 1. The number of nitrogens with one attached hydrogen (secondary N) is 1. The Morgan fingerprint density at radius 3 is 2.38 bits per heavy atom. The van der Waals surface area contributed by atoms with E-state index in [1.54, 1.807) is 6.92 Å². The zero-order valence-corrected chi connectivity index (χ0v) is 23.0. The van der Waals surface area contributed by atoms with E-state index >= 15 is 0 Å². The van der Waals surface area contributed by atoms with Crippen LogP contribution in [0, 0.1) is 13.8 Å². The van der Waals surface area contributed by atoms with E-state index in [4.69, 9.17) is 9.47 Å². The number of para-hydroxylation sites is 1. The van der Waals surface area contributed by atoms with Crippen molar-refractivity contribution in [2.24, 2.45) is 0 Å². The van der Waals surface area contributed by atoms with Gasteiger partial charge in [0.15, 0.2) is 0 Å². The molecule has 0 saturated heterocycles. The lowest BCUT2D eigenvalue weighted by Gasteiger charge is -2.12. The quantitative estimate of drug-likeness (QED) is 0.219. The number of thiophene rings is 1. The van der Waals surface area contributed by atoms with Crippen molar-refractivity contribution in [3.8, 4) is 16.9 Å². The maximum Gasteiger partial charge on any atom is 0.341 e. The summed E-state index contributed by atoms with van der Waals surface area (Å²) in [7, 11) is 0. The van der Waals surface area contributed by atoms with E-state index in [0.29, 0.717) is 22.9 Å². The van der Waals surface area contributed by atoms with Crippen molar-refractivity contribution in [2.45, 2.75) is 54.0 Å². The second-order valence-corrected chi connectivity index (χ2v) is 10.1. The van der Waals surface area contributed by atoms with Crippen LogP contribution < -0.4 is 10.1 Å². The van der Waals surface area contributed by atoms with E-state index in [-0.39, 0.29) is 12.5 Å². The summed E-state index contributed by atoms with van der Waals surface area (Å²) < 4.78 is 13.1. The topological polar surface area (TPSA) is 69.6 Å². The van der Waals surface area contributed by atoms with Gasteiger partial charge < -0.3 is 19.4 Å². The molecule has 0 radical (unpaired) electrons. The van der Waals surface area contributed by atoms with Crippen LogP contribution in [0.5, 0.6) is 5.75 Å². The van der Waals surface area contributed by atoms with Crippen LogP contribution in [-0.2, 0) is 11.3 Å². The Hall–Kier alpha value is -3.58. The summed E-state index contributed by atoms with van der Waals surface area (Å²) in [6.07, 6.45) is 1.99. The van der Waals surface area contributed by atoms with Crippen molar-refractivity contribution in [2.75, 3.05) is 18.5 Å². The first kappa shape index (κ1) is 26.5. The lowest BCUT2D eigenvalue weighted by molar-refractivity contribution is 0.0529. The van der Waals surface area contributed by atoms with Crippen LogP contribution in [0.4, 0.5) is 5.00 Å². The molecule has 4 aromatic rings. The molecule has 0 bridgehead atoms. The first-order chi connectivity index (χ1) is 17.9. The number of ether oxygens (including phenoxy) is 2. The fourth-order valence-corrected chi connectivity index (χ4v) is 5.80. The van der Waals surface area contributed by atoms with Gasteiger partial charge in [-0.2, -0.15) is 0 Å². The average molecular weight is 519 g/mol. The second kappa shape index (κ2) is 11.6. The van der Waals surface area contributed by atoms with E-state index < -0.39 is 5.97 Å². The van der Waals surface area contributed by atoms with E-state index in [2.05, 4.69) is 22.9 Å². The van der Waals surface area contributed by atoms with Crippen molar-refractivity contribution in [3.05, 3.63) is 70.2 Å². The molecule has 1 amide bonds. The van der Waals surface area contributed by atoms with Gasteiger partial charge in [0.05, 0.1) is 13.2 Å². The highest BCUT2D eigenvalue weighted by atomic mass is 32.1. The lowest BCUT2D eigenvalue weighted by Crippen LogP contribution is -2.19. The van der Waals surface area contributed by atoms with Gasteiger partial charge in [-0.05, 0) is 63.4 Å². The highest BCUT2D eigenvalue weighted by Gasteiger charge is 2.27. The van der Waals surface area contributed by atoms with Crippen LogP contribution in [-0.4, -0.2) is 29.7 Å². The van der Waals surface area contributed by atoms with Gasteiger partial charge in [0.2, 0.25) is 0 Å². The van der Waals surface area contributed by atoms with Crippen LogP contribution in [0.1, 0.15) is 64.9 Å². The monoisotopic (exact) mass is 518 g/mol. The number of aryl methyl sites for hydroxylation is 3. The summed E-state index contributed by atoms with van der Waals surface area (Å²) in [5, 5.41) is 4.64. The third-order valence-corrected chi connectivity index (χ3v) is 7.44. The summed E-state index contributed by atoms with van der Waals surface area (Å²) in [4.78, 5) is 27.9. The predicted octanol–water partition coefficient (Wildman–Crippen LogP) is 7.61. The molecule has 2 aromatic carbocycles. The smallest absolute Gasteiger partial charge is 0.341 e. The van der Waals surface area contributed by atoms with Crippen molar-refractivity contribution in [1.29, 1.82) is 0 Å². The number of rotatable bonds is 10. The van der Waals surface area contributed by atoms with Gasteiger partial charge in [0.25, 0.3) is 5.91 Å². The summed E-state index contributed by atoms with van der Waals surface area (Å²) in [6, 6.07) is 15.7. The lowest BCUT2D eigenvalue weighted by atomic mass is 10.0. The minimum absolute atomic E-state index is 0.227. The van der Waals surface area contributed by atoms with Crippen LogP contribution in [0.15, 0.2) is 48.5 Å². The molecule has 0 saturated carbocycles. The number of esters is 1. The molecule has 2 heterocycles. The minimum Gasteiger partial charge on any atom is -0.494 e. The molecular weight excluding hydrogens is 484 g/mol. The zero-order valence-electron chi connectivity index (χ0n) is 22.1. The second-order valence-electron chi connectivity index (χ2n) is 8.87. The van der Waals surface area contributed by atoms with E-state index in [1.807, 2.05) is 63.2 Å². The molecular formula is C30H34N2O4S. The van der Waals surface area contributed by atoms with Gasteiger partial charge in [-0.15, -0.1) is 11.3 Å². The fourth-order valence-electron chi connectivity index (χ4n) is 4.74. The predicted molar refractivity (Wildman–Crippen MR) is 151 cm³/mol. The maximum atomic E-state index is 13.8. The van der Waals surface area contributed by atoms with Crippen LogP contribution >= 0.6 is 11.3 Å². The van der Waals surface area contributed by atoms with Gasteiger partial charge in [0, 0.05) is 27.9 Å². The van der Waals surface area contributed by atoms with Gasteiger partial charge in [-0.3, -0.25) is 4.79 Å². The van der Waals surface area contributed by atoms with Crippen molar-refractivity contribution in [1.82, 2.24) is 4.57 Å². The van der Waals surface area contributed by atoms with E-state index in [1.165, 1.54) is 11.3 Å². The van der Waals surface area contributed by atoms with Crippen LogP contribution in [0.3, 0.4) is 0 Å². The maximum absolute atomic E-state index is 13.8. The van der Waals surface area contributed by atoms with E-state index in [9.17, 15) is 9.59 Å². The molecule has 0 aliphatic heterocycles. The molecule has 0 aliphatic rings. The van der Waals surface area contributed by atoms with Crippen LogP contribution in [0.2, 0.25) is 0 Å². The summed E-state index contributed by atoms with van der Waals surface area (Å²) >= 11 is 1.39. The number of aromatic nitrogens is 1. The number of amides is 1. The van der Waals surface area contributed by atoms with Crippen molar-refractivity contribution >= 4 is 39.1 Å². The third kappa shape index (κ3) is 5.27. The first-order valence-electron chi connectivity index (χ1n) is 12.8. The number of fused-ring (bicyclic) bond motifs is 1. The summed E-state index contributed by atoms with van der Waals surface area (Å²) in [6.45, 7) is 11.4. The Balaban J connectivity index is 1.78. The molecule has 4 rings (SSSR count). The van der Waals surface area contributed by atoms with Gasteiger partial charge in [0.1, 0.15) is 22.0 Å². The Bertz CT molecular complexity index is 1420. The van der Waals surface area contributed by atoms with Gasteiger partial charge in [-0.25, -0.2) is 4.79 Å². The van der Waals surface area contributed by atoms with E-state index in [0.717, 1.165) is 57.6 Å². The Labute approximate surface area is 222 Å². The molecule has 0 fully saturated rings. The standard InChI is InChI=1S/C30H34N2O4S/c1-6-9-18-32-24-13-11-10-12-23(24)19(4)27(32)28(33)31-29-26(30(34)36-8-3)25(20(5)37-29)21-14-16-22(17-15-21)35-7-2/h10-17H,6-9,18H2,1-5H3,(H,31,33). The first-order valence-corrected chi connectivity index (χ1v) is 13.7. The largest absolute Gasteiger partial charge is 0.494 e. The number of anilines is 1. The molecule has 37 heavy (non-hydrogen) atoms. The number of carbonyl (C=O) groups is 2. The SMILES string of the molecule is CCCCn1c(C(=O)Nc2sc(C)c(-c3ccc(OCC)cc3)c2C(=O)OCC)c(C)c2ccccc21. The molecule has 7 heteroatoms. The molecule has 1 N–H and O–H groups in total. The Kier molecular flexibility index (Phi) is 8.34. The van der Waals surface area contributed by atoms with Crippen molar-refractivity contribution in [3.63, 3.8) is 0 Å². The fraction of sp³-hybridized carbons (Fsp3) is 0.333. The normalized spacial score (nSPS) is 11.1. The molecule has 6 nitrogen and oxygen atoms in total. The molecule has 0 spiro atoms. The number of benzene rings is 2. The summed E-state index contributed by atoms with van der Waals surface area (Å²) in [5.41, 5.74) is 4.62. The van der Waals surface area contributed by atoms with Crippen LogP contribution in [0.25, 0.3) is 22.0 Å². The highest BCUT2D eigenvalue weighted by Crippen LogP contribution is 2.41. The third-order valence-electron chi connectivity index (χ3n) is 6.42.